The van der Waals surface area contributed by atoms with Crippen molar-refractivity contribution in [1.82, 2.24) is 4.90 Å². The van der Waals surface area contributed by atoms with Gasteiger partial charge in [-0.3, -0.25) is 4.90 Å². The van der Waals surface area contributed by atoms with E-state index in [1.807, 2.05) is 48.5 Å². The summed E-state index contributed by atoms with van der Waals surface area (Å²) in [4.78, 5) is 4.40. The van der Waals surface area contributed by atoms with Crippen LogP contribution in [0.15, 0.2) is 54.6 Å². The van der Waals surface area contributed by atoms with Crippen molar-refractivity contribution >= 4 is 5.69 Å². The molecule has 7 nitrogen and oxygen atoms in total. The summed E-state index contributed by atoms with van der Waals surface area (Å²) in [6.07, 6.45) is 1.33. The van der Waals surface area contributed by atoms with Crippen LogP contribution in [0.1, 0.15) is 12.8 Å². The van der Waals surface area contributed by atoms with Gasteiger partial charge in [-0.05, 0) is 37.1 Å². The number of methoxy groups -OCH3 is 1. The molecule has 7 heteroatoms. The van der Waals surface area contributed by atoms with Gasteiger partial charge in [-0.15, -0.1) is 0 Å². The molecule has 0 bridgehead atoms. The van der Waals surface area contributed by atoms with E-state index in [1.54, 1.807) is 7.11 Å². The molecule has 0 aliphatic carbocycles. The van der Waals surface area contributed by atoms with Crippen LogP contribution in [0, 0.1) is 0 Å². The lowest BCUT2D eigenvalue weighted by Crippen LogP contribution is -2.55. The molecular weight excluding hydrogens is 408 g/mol. The average Bonchev–Trinajstić information content (AvgIpc) is 3.00. The smallest absolute Gasteiger partial charge is 0.134 e. The fourth-order valence-corrected chi connectivity index (χ4v) is 4.52. The number of hydrogen-bond donors (Lipinski definition) is 2. The van der Waals surface area contributed by atoms with Crippen LogP contribution in [0.5, 0.6) is 11.5 Å². The number of para-hydroxylation sites is 1. The van der Waals surface area contributed by atoms with E-state index in [1.165, 1.54) is 0 Å². The quantitative estimate of drug-likeness (QED) is 0.681. The fourth-order valence-electron chi connectivity index (χ4n) is 4.52. The Balaban J connectivity index is 1.33. The number of ether oxygens (including phenoxy) is 3. The third-order valence-corrected chi connectivity index (χ3v) is 6.32. The zero-order valence-corrected chi connectivity index (χ0v) is 18.8. The molecule has 0 amide bonds. The highest BCUT2D eigenvalue weighted by atomic mass is 16.5. The molecule has 2 heterocycles. The first-order valence-electron chi connectivity index (χ1n) is 11.3. The van der Waals surface area contributed by atoms with Gasteiger partial charge in [-0.25, -0.2) is 0 Å². The van der Waals surface area contributed by atoms with Crippen LogP contribution in [0.3, 0.4) is 0 Å². The maximum Gasteiger partial charge on any atom is 0.134 e. The monoisotopic (exact) mass is 442 g/mol. The molecular formula is C25H34N2O5. The lowest BCUT2D eigenvalue weighted by Gasteiger charge is -2.42. The average molecular weight is 443 g/mol. The van der Waals surface area contributed by atoms with E-state index in [0.29, 0.717) is 39.1 Å². The molecule has 2 aliphatic rings. The van der Waals surface area contributed by atoms with Gasteiger partial charge in [0.1, 0.15) is 23.7 Å². The zero-order valence-electron chi connectivity index (χ0n) is 18.8. The van der Waals surface area contributed by atoms with E-state index in [0.717, 1.165) is 30.3 Å². The first-order valence-corrected chi connectivity index (χ1v) is 11.3. The summed E-state index contributed by atoms with van der Waals surface area (Å²) in [6.45, 7) is 4.03. The van der Waals surface area contributed by atoms with Crippen LogP contribution in [-0.4, -0.2) is 86.0 Å². The lowest BCUT2D eigenvalue weighted by atomic mass is 9.90. The summed E-state index contributed by atoms with van der Waals surface area (Å²) in [6, 6.07) is 17.5. The molecule has 2 fully saturated rings. The second-order valence-corrected chi connectivity index (χ2v) is 9.00. The van der Waals surface area contributed by atoms with Crippen LogP contribution >= 0.6 is 0 Å². The van der Waals surface area contributed by atoms with Crippen molar-refractivity contribution < 1.29 is 24.4 Å². The number of hydrogen-bond acceptors (Lipinski definition) is 7. The number of rotatable bonds is 7. The van der Waals surface area contributed by atoms with Gasteiger partial charge >= 0.3 is 0 Å². The molecule has 0 saturated carbocycles. The van der Waals surface area contributed by atoms with Crippen molar-refractivity contribution in [3.8, 4) is 11.5 Å². The highest BCUT2D eigenvalue weighted by Gasteiger charge is 2.39. The van der Waals surface area contributed by atoms with Crippen molar-refractivity contribution in [2.45, 2.75) is 24.0 Å². The van der Waals surface area contributed by atoms with Gasteiger partial charge in [0.25, 0.3) is 0 Å². The number of nitrogens with zero attached hydrogens (tertiary/aromatic N) is 2. The summed E-state index contributed by atoms with van der Waals surface area (Å²) in [5.41, 5.74) is -0.799. The molecule has 4 rings (SSSR count). The molecule has 0 spiro atoms. The number of benzene rings is 2. The highest BCUT2D eigenvalue weighted by Crippen LogP contribution is 2.30. The summed E-state index contributed by atoms with van der Waals surface area (Å²) in [5.74, 6) is 1.56. The Morgan fingerprint density at radius 3 is 2.44 bits per heavy atom. The van der Waals surface area contributed by atoms with Gasteiger partial charge in [-0.1, -0.05) is 24.3 Å². The maximum atomic E-state index is 11.3. The summed E-state index contributed by atoms with van der Waals surface area (Å²) < 4.78 is 16.8. The van der Waals surface area contributed by atoms with Crippen molar-refractivity contribution in [3.05, 3.63) is 54.6 Å². The lowest BCUT2D eigenvalue weighted by molar-refractivity contribution is -0.0742. The number of anilines is 1. The fraction of sp³-hybridized carbons (Fsp3) is 0.520. The summed E-state index contributed by atoms with van der Waals surface area (Å²) in [7, 11) is 1.67. The summed E-state index contributed by atoms with van der Waals surface area (Å²) in [5, 5.41) is 22.5. The SMILES string of the molecule is COc1cccc(N2CCC(O)(CN3CCOC[C@@](O)(COc4ccccc4)C3)CC2)c1. The van der Waals surface area contributed by atoms with Crippen molar-refractivity contribution in [3.63, 3.8) is 0 Å². The van der Waals surface area contributed by atoms with E-state index in [2.05, 4.69) is 15.9 Å². The Kier molecular flexibility index (Phi) is 7.20. The third-order valence-electron chi connectivity index (χ3n) is 6.32. The normalized spacial score (nSPS) is 24.0. The Morgan fingerprint density at radius 1 is 0.938 bits per heavy atom. The second kappa shape index (κ2) is 10.1. The van der Waals surface area contributed by atoms with Gasteiger partial charge < -0.3 is 29.3 Å². The number of β-amino-alcohol motifs (C(OH)–C–C–N with tert-alkyl or cyclic N) is 2. The topological polar surface area (TPSA) is 74.6 Å². The van der Waals surface area contributed by atoms with Crippen molar-refractivity contribution in [2.24, 2.45) is 0 Å². The molecule has 2 aromatic rings. The van der Waals surface area contributed by atoms with Crippen LogP contribution in [0.25, 0.3) is 0 Å². The first kappa shape index (κ1) is 22.9. The highest BCUT2D eigenvalue weighted by molar-refractivity contribution is 5.51. The van der Waals surface area contributed by atoms with E-state index < -0.39 is 11.2 Å². The second-order valence-electron chi connectivity index (χ2n) is 9.00. The molecule has 0 unspecified atom stereocenters. The Bertz CT molecular complexity index is 856. The standard InChI is InChI=1S/C25H34N2O5/c1-30-23-9-5-6-21(16-23)27-12-10-24(28,11-13-27)17-26-14-15-31-19-25(29,18-26)20-32-22-7-3-2-4-8-22/h2-9,16,28-29H,10-15,17-20H2,1H3/t25-/m1/s1. The molecule has 2 aliphatic heterocycles. The minimum atomic E-state index is -1.12. The van der Waals surface area contributed by atoms with Crippen molar-refractivity contribution in [1.29, 1.82) is 0 Å². The minimum Gasteiger partial charge on any atom is -0.497 e. The van der Waals surface area contributed by atoms with E-state index in [-0.39, 0.29) is 13.2 Å². The minimum absolute atomic E-state index is 0.148. The predicted octanol–water partition coefficient (Wildman–Crippen LogP) is 2.17. The van der Waals surface area contributed by atoms with Gasteiger partial charge in [0.2, 0.25) is 0 Å². The Labute approximate surface area is 190 Å². The van der Waals surface area contributed by atoms with Crippen LogP contribution in [0.4, 0.5) is 5.69 Å². The summed E-state index contributed by atoms with van der Waals surface area (Å²) >= 11 is 0. The molecule has 2 saturated heterocycles. The number of piperidine rings is 1. The molecule has 2 N–H and O–H groups in total. The Morgan fingerprint density at radius 2 is 1.69 bits per heavy atom. The van der Waals surface area contributed by atoms with E-state index in [9.17, 15) is 10.2 Å². The van der Waals surface area contributed by atoms with Gasteiger partial charge in [0.05, 0.1) is 25.9 Å². The molecule has 2 aromatic carbocycles. The third kappa shape index (κ3) is 5.92. The van der Waals surface area contributed by atoms with Crippen LogP contribution in [-0.2, 0) is 4.74 Å². The molecule has 0 radical (unpaired) electrons. The van der Waals surface area contributed by atoms with Gasteiger partial charge in [0, 0.05) is 44.5 Å². The maximum absolute atomic E-state index is 11.3. The molecule has 1 atom stereocenters. The largest absolute Gasteiger partial charge is 0.497 e. The van der Waals surface area contributed by atoms with Crippen LogP contribution < -0.4 is 14.4 Å². The Hall–Kier alpha value is -2.32. The first-order chi connectivity index (χ1) is 15.5. The molecule has 32 heavy (non-hydrogen) atoms. The predicted molar refractivity (Wildman–Crippen MR) is 124 cm³/mol. The zero-order chi connectivity index (χ0) is 22.4. The van der Waals surface area contributed by atoms with Gasteiger partial charge in [-0.2, -0.15) is 0 Å². The van der Waals surface area contributed by atoms with E-state index >= 15 is 0 Å². The molecule has 174 valence electrons. The molecule has 0 aromatic heterocycles. The van der Waals surface area contributed by atoms with E-state index in [4.69, 9.17) is 14.2 Å². The van der Waals surface area contributed by atoms with Crippen molar-refractivity contribution in [2.75, 3.05) is 64.6 Å². The van der Waals surface area contributed by atoms with Gasteiger partial charge in [0.15, 0.2) is 0 Å². The number of aliphatic hydroxyl groups is 2. The van der Waals surface area contributed by atoms with Crippen LogP contribution in [0.2, 0.25) is 0 Å².